The molecule has 1 saturated heterocycles. The topological polar surface area (TPSA) is 86.7 Å². The fraction of sp³-hybridized carbons (Fsp3) is 0.105. The van der Waals surface area contributed by atoms with E-state index >= 15 is 0 Å². The zero-order valence-electron chi connectivity index (χ0n) is 13.9. The molecule has 0 radical (unpaired) electrons. The Morgan fingerprint density at radius 2 is 1.92 bits per heavy atom. The van der Waals surface area contributed by atoms with E-state index < -0.39 is 17.1 Å². The molecule has 2 N–H and O–H groups in total. The highest BCUT2D eigenvalue weighted by atomic mass is 32.2. The van der Waals surface area contributed by atoms with Gasteiger partial charge in [-0.05, 0) is 54.1 Å². The fourth-order valence-electron chi connectivity index (χ4n) is 2.46. The Balaban J connectivity index is 1.69. The number of rotatable bonds is 4. The monoisotopic (exact) mass is 368 g/mol. The van der Waals surface area contributed by atoms with Crippen LogP contribution in [0.1, 0.15) is 11.1 Å². The molecule has 2 aromatic rings. The Morgan fingerprint density at radius 1 is 1.19 bits per heavy atom. The molecular formula is C19H16N2O4S. The molecule has 0 aliphatic carbocycles. The Hall–Kier alpha value is -3.06. The normalized spacial score (nSPS) is 15.6. The van der Waals surface area contributed by atoms with E-state index in [1.54, 1.807) is 19.1 Å². The number of nitrogens with one attached hydrogen (secondary N) is 1. The number of carbonyl (C=O) groups is 3. The number of aryl methyl sites for hydroxylation is 1. The molecule has 0 aromatic heterocycles. The summed E-state index contributed by atoms with van der Waals surface area (Å²) in [5.74, 6) is -0.874. The van der Waals surface area contributed by atoms with Crippen LogP contribution in [0.3, 0.4) is 0 Å². The van der Waals surface area contributed by atoms with Gasteiger partial charge < -0.3 is 10.4 Å². The van der Waals surface area contributed by atoms with E-state index in [1.165, 1.54) is 12.1 Å². The van der Waals surface area contributed by atoms with Crippen LogP contribution in [0.4, 0.5) is 10.5 Å². The minimum atomic E-state index is -0.485. The van der Waals surface area contributed by atoms with Gasteiger partial charge in [0.2, 0.25) is 5.91 Å². The van der Waals surface area contributed by atoms with Gasteiger partial charge in [0.25, 0.3) is 11.1 Å². The van der Waals surface area contributed by atoms with Crippen LogP contribution in [0.5, 0.6) is 5.75 Å². The van der Waals surface area contributed by atoms with Crippen LogP contribution in [0.25, 0.3) is 6.08 Å². The maximum Gasteiger partial charge on any atom is 0.294 e. The number of benzene rings is 2. The highest BCUT2D eigenvalue weighted by Crippen LogP contribution is 2.32. The number of phenols is 1. The number of anilines is 1. The molecule has 132 valence electrons. The van der Waals surface area contributed by atoms with Crippen molar-refractivity contribution in [3.05, 3.63) is 64.6 Å². The summed E-state index contributed by atoms with van der Waals surface area (Å²) in [4.78, 5) is 37.9. The highest BCUT2D eigenvalue weighted by molar-refractivity contribution is 8.18. The van der Waals surface area contributed by atoms with E-state index in [9.17, 15) is 19.5 Å². The van der Waals surface area contributed by atoms with Crippen molar-refractivity contribution in [1.29, 1.82) is 0 Å². The van der Waals surface area contributed by atoms with Gasteiger partial charge in [0.15, 0.2) is 0 Å². The van der Waals surface area contributed by atoms with Gasteiger partial charge in [-0.3, -0.25) is 19.3 Å². The fourth-order valence-corrected chi connectivity index (χ4v) is 3.30. The minimum absolute atomic E-state index is 0.0949. The highest BCUT2D eigenvalue weighted by Gasteiger charge is 2.36. The van der Waals surface area contributed by atoms with Crippen molar-refractivity contribution in [3.8, 4) is 5.75 Å². The standard InChI is InChI=1S/C19H16N2O4S/c1-12-9-14(22)7-8-15(12)20-17(23)11-21-18(24)16(26-19(21)25)10-13-5-3-2-4-6-13/h2-10,22H,11H2,1H3,(H,20,23)/b16-10+. The first-order valence-electron chi connectivity index (χ1n) is 7.84. The van der Waals surface area contributed by atoms with E-state index in [0.717, 1.165) is 22.2 Å². The molecule has 0 atom stereocenters. The minimum Gasteiger partial charge on any atom is -0.508 e. The zero-order valence-corrected chi connectivity index (χ0v) is 14.7. The second-order valence-corrected chi connectivity index (χ2v) is 6.72. The van der Waals surface area contributed by atoms with Gasteiger partial charge in [0.05, 0.1) is 4.91 Å². The van der Waals surface area contributed by atoms with Crippen LogP contribution in [0.2, 0.25) is 0 Å². The number of hydrogen-bond donors (Lipinski definition) is 2. The summed E-state index contributed by atoms with van der Waals surface area (Å²) in [6.45, 7) is 1.37. The van der Waals surface area contributed by atoms with Crippen LogP contribution in [-0.2, 0) is 9.59 Å². The van der Waals surface area contributed by atoms with Crippen molar-refractivity contribution in [1.82, 2.24) is 4.90 Å². The average molecular weight is 368 g/mol. The Kier molecular flexibility index (Phi) is 5.09. The number of hydrogen-bond acceptors (Lipinski definition) is 5. The Bertz CT molecular complexity index is 909. The first-order chi connectivity index (χ1) is 12.4. The molecule has 7 heteroatoms. The van der Waals surface area contributed by atoms with Gasteiger partial charge in [-0.2, -0.15) is 0 Å². The summed E-state index contributed by atoms with van der Waals surface area (Å²) in [7, 11) is 0. The van der Waals surface area contributed by atoms with Crippen LogP contribution in [0, 0.1) is 6.92 Å². The van der Waals surface area contributed by atoms with Crippen LogP contribution in [-0.4, -0.2) is 33.6 Å². The molecule has 0 bridgehead atoms. The van der Waals surface area contributed by atoms with Gasteiger partial charge in [0, 0.05) is 5.69 Å². The summed E-state index contributed by atoms with van der Waals surface area (Å²) < 4.78 is 0. The number of imide groups is 1. The molecule has 0 saturated carbocycles. The van der Waals surface area contributed by atoms with E-state index in [0.29, 0.717) is 11.3 Å². The summed E-state index contributed by atoms with van der Waals surface area (Å²) in [6.07, 6.45) is 1.63. The molecule has 3 rings (SSSR count). The van der Waals surface area contributed by atoms with Crippen molar-refractivity contribution < 1.29 is 19.5 Å². The predicted octanol–water partition coefficient (Wildman–Crippen LogP) is 3.38. The number of aromatic hydroxyl groups is 1. The van der Waals surface area contributed by atoms with E-state index in [4.69, 9.17) is 0 Å². The van der Waals surface area contributed by atoms with Gasteiger partial charge in [-0.25, -0.2) is 0 Å². The molecule has 1 aliphatic heterocycles. The largest absolute Gasteiger partial charge is 0.508 e. The number of thioether (sulfide) groups is 1. The van der Waals surface area contributed by atoms with Gasteiger partial charge in [0.1, 0.15) is 12.3 Å². The molecule has 0 unspecified atom stereocenters. The van der Waals surface area contributed by atoms with Gasteiger partial charge in [-0.15, -0.1) is 0 Å². The quantitative estimate of drug-likeness (QED) is 0.638. The SMILES string of the molecule is Cc1cc(O)ccc1NC(=O)CN1C(=O)S/C(=C/c2ccccc2)C1=O. The summed E-state index contributed by atoms with van der Waals surface area (Å²) in [5, 5.41) is 11.6. The third-order valence-electron chi connectivity index (χ3n) is 3.76. The number of nitrogens with zero attached hydrogens (tertiary/aromatic N) is 1. The van der Waals surface area contributed by atoms with Crippen molar-refractivity contribution >= 4 is 40.6 Å². The third kappa shape index (κ3) is 3.94. The molecule has 1 fully saturated rings. The van der Waals surface area contributed by atoms with Crippen molar-refractivity contribution in [2.75, 3.05) is 11.9 Å². The predicted molar refractivity (Wildman–Crippen MR) is 101 cm³/mol. The van der Waals surface area contributed by atoms with E-state index in [-0.39, 0.29) is 17.2 Å². The maximum absolute atomic E-state index is 12.4. The maximum atomic E-state index is 12.4. The lowest BCUT2D eigenvalue weighted by Crippen LogP contribution is -2.36. The van der Waals surface area contributed by atoms with Crippen LogP contribution < -0.4 is 5.32 Å². The number of amides is 3. The first kappa shape index (κ1) is 17.8. The second kappa shape index (κ2) is 7.45. The number of phenolic OH excluding ortho intramolecular Hbond substituents is 1. The summed E-state index contributed by atoms with van der Waals surface area (Å²) in [6, 6.07) is 13.7. The Morgan fingerprint density at radius 3 is 2.62 bits per heavy atom. The summed E-state index contributed by atoms with van der Waals surface area (Å²) >= 11 is 0.816. The van der Waals surface area contributed by atoms with Crippen molar-refractivity contribution in [3.63, 3.8) is 0 Å². The van der Waals surface area contributed by atoms with Crippen molar-refractivity contribution in [2.45, 2.75) is 6.92 Å². The third-order valence-corrected chi connectivity index (χ3v) is 4.66. The van der Waals surface area contributed by atoms with E-state index in [1.807, 2.05) is 30.3 Å². The van der Waals surface area contributed by atoms with Gasteiger partial charge >= 0.3 is 0 Å². The average Bonchev–Trinajstić information content (AvgIpc) is 2.86. The lowest BCUT2D eigenvalue weighted by molar-refractivity contribution is -0.127. The van der Waals surface area contributed by atoms with Crippen LogP contribution in [0.15, 0.2) is 53.4 Å². The van der Waals surface area contributed by atoms with Crippen molar-refractivity contribution in [2.24, 2.45) is 0 Å². The molecule has 26 heavy (non-hydrogen) atoms. The second-order valence-electron chi connectivity index (χ2n) is 5.73. The Labute approximate surface area is 154 Å². The molecule has 1 aliphatic rings. The molecular weight excluding hydrogens is 352 g/mol. The number of carbonyl (C=O) groups excluding carboxylic acids is 3. The first-order valence-corrected chi connectivity index (χ1v) is 8.65. The lowest BCUT2D eigenvalue weighted by atomic mass is 10.2. The smallest absolute Gasteiger partial charge is 0.294 e. The lowest BCUT2D eigenvalue weighted by Gasteiger charge is -2.13. The van der Waals surface area contributed by atoms with E-state index in [2.05, 4.69) is 5.32 Å². The summed E-state index contributed by atoms with van der Waals surface area (Å²) in [5.41, 5.74) is 2.00. The van der Waals surface area contributed by atoms with Crippen LogP contribution >= 0.6 is 11.8 Å². The zero-order chi connectivity index (χ0) is 18.7. The molecule has 0 spiro atoms. The molecule has 1 heterocycles. The van der Waals surface area contributed by atoms with Gasteiger partial charge in [-0.1, -0.05) is 30.3 Å². The molecule has 2 aromatic carbocycles. The molecule has 6 nitrogen and oxygen atoms in total. The molecule has 3 amide bonds.